The van der Waals surface area contributed by atoms with Gasteiger partial charge in [-0.05, 0) is 26.7 Å². The Morgan fingerprint density at radius 2 is 1.88 bits per heavy atom. The van der Waals surface area contributed by atoms with Gasteiger partial charge >= 0.3 is 5.97 Å². The first-order valence-electron chi connectivity index (χ1n) is 5.42. The van der Waals surface area contributed by atoms with Gasteiger partial charge in [-0.15, -0.1) is 0 Å². The lowest BCUT2D eigenvalue weighted by Crippen LogP contribution is -2.42. The van der Waals surface area contributed by atoms with E-state index in [1.165, 1.54) is 0 Å². The Morgan fingerprint density at radius 3 is 2.29 bits per heavy atom. The Hall–Kier alpha value is -1.11. The average molecular weight is 263 g/mol. The van der Waals surface area contributed by atoms with Crippen LogP contribution in [0.15, 0.2) is 0 Å². The maximum absolute atomic E-state index is 11.7. The van der Waals surface area contributed by atoms with Gasteiger partial charge in [-0.1, -0.05) is 0 Å². The number of carboxylic acid groups (broad SMARTS) is 1. The van der Waals surface area contributed by atoms with Crippen LogP contribution < -0.4 is 5.32 Å². The summed E-state index contributed by atoms with van der Waals surface area (Å²) in [5.41, 5.74) is 0. The molecule has 0 aliphatic heterocycles. The van der Waals surface area contributed by atoms with Gasteiger partial charge in [0, 0.05) is 12.5 Å². The molecule has 98 valence electrons. The maximum Gasteiger partial charge on any atom is 0.324 e. The molecule has 1 amide bonds. The van der Waals surface area contributed by atoms with Gasteiger partial charge in [0.05, 0.1) is 5.75 Å². The van der Waals surface area contributed by atoms with Gasteiger partial charge < -0.3 is 10.4 Å². The van der Waals surface area contributed by atoms with E-state index < -0.39 is 26.3 Å². The van der Waals surface area contributed by atoms with Crippen LogP contribution in [0.1, 0.15) is 33.1 Å². The topological polar surface area (TPSA) is 101 Å². The van der Waals surface area contributed by atoms with Crippen molar-refractivity contribution >= 4 is 21.7 Å². The molecule has 0 aromatic heterocycles. The largest absolute Gasteiger partial charge is 0.480 e. The quantitative estimate of drug-likeness (QED) is 0.698. The van der Waals surface area contributed by atoms with Crippen molar-refractivity contribution in [2.75, 3.05) is 5.75 Å². The number of nitrogens with one attached hydrogen (secondary N) is 1. The zero-order valence-corrected chi connectivity index (χ0v) is 10.7. The molecule has 1 aliphatic rings. The van der Waals surface area contributed by atoms with Crippen LogP contribution in [0, 0.1) is 0 Å². The van der Waals surface area contributed by atoms with Gasteiger partial charge in [-0.25, -0.2) is 8.42 Å². The van der Waals surface area contributed by atoms with Gasteiger partial charge in [-0.2, -0.15) is 0 Å². The number of hydrogen-bond acceptors (Lipinski definition) is 4. The zero-order chi connectivity index (χ0) is 13.3. The van der Waals surface area contributed by atoms with Gasteiger partial charge in [0.15, 0.2) is 14.6 Å². The third-order valence-electron chi connectivity index (χ3n) is 2.83. The average Bonchev–Trinajstić information content (AvgIpc) is 2.98. The van der Waals surface area contributed by atoms with E-state index in [1.807, 2.05) is 0 Å². The second kappa shape index (κ2) is 4.64. The SMILES string of the molecule is CC(C)(C(=O)O)S(=O)(=O)CCC(=O)NC1CC1. The van der Waals surface area contributed by atoms with Crippen molar-refractivity contribution in [3.8, 4) is 0 Å². The van der Waals surface area contributed by atoms with Crippen molar-refractivity contribution < 1.29 is 23.1 Å². The molecule has 0 radical (unpaired) electrons. The van der Waals surface area contributed by atoms with Gasteiger partial charge in [0.25, 0.3) is 0 Å². The predicted molar refractivity (Wildman–Crippen MR) is 61.3 cm³/mol. The number of amides is 1. The van der Waals surface area contributed by atoms with Crippen LogP contribution in [0.4, 0.5) is 0 Å². The summed E-state index contributed by atoms with van der Waals surface area (Å²) in [5, 5.41) is 11.5. The first-order chi connectivity index (χ1) is 7.67. The zero-order valence-electron chi connectivity index (χ0n) is 9.89. The summed E-state index contributed by atoms with van der Waals surface area (Å²) in [4.78, 5) is 22.1. The molecule has 7 heteroatoms. The molecule has 0 aromatic rings. The van der Waals surface area contributed by atoms with Gasteiger partial charge in [-0.3, -0.25) is 9.59 Å². The molecule has 0 unspecified atom stereocenters. The fourth-order valence-corrected chi connectivity index (χ4v) is 2.37. The molecule has 17 heavy (non-hydrogen) atoms. The van der Waals surface area contributed by atoms with Crippen molar-refractivity contribution in [2.45, 2.75) is 43.9 Å². The third-order valence-corrected chi connectivity index (χ3v) is 5.30. The number of carboxylic acids is 1. The van der Waals surface area contributed by atoms with Crippen molar-refractivity contribution in [3.63, 3.8) is 0 Å². The number of carbonyl (C=O) groups excluding carboxylic acids is 1. The van der Waals surface area contributed by atoms with E-state index in [0.29, 0.717) is 0 Å². The summed E-state index contributed by atoms with van der Waals surface area (Å²) in [6.07, 6.45) is 1.67. The lowest BCUT2D eigenvalue weighted by atomic mass is 10.2. The number of aliphatic carboxylic acids is 1. The second-order valence-electron chi connectivity index (χ2n) is 4.73. The standard InChI is InChI=1S/C10H17NO5S/c1-10(2,9(13)14)17(15,16)6-5-8(12)11-7-3-4-7/h7H,3-6H2,1-2H3,(H,11,12)(H,13,14). The molecule has 0 aromatic carbocycles. The first-order valence-corrected chi connectivity index (χ1v) is 7.07. The predicted octanol–water partition coefficient (Wildman–Crippen LogP) is -0.0669. The molecular weight excluding hydrogens is 246 g/mol. The van der Waals surface area contributed by atoms with Crippen LogP contribution in [-0.2, 0) is 19.4 Å². The summed E-state index contributed by atoms with van der Waals surface area (Å²) in [6.45, 7) is 2.26. The van der Waals surface area contributed by atoms with Crippen LogP contribution >= 0.6 is 0 Å². The Bertz CT molecular complexity index is 422. The summed E-state index contributed by atoms with van der Waals surface area (Å²) in [6, 6.07) is 0.178. The molecule has 1 saturated carbocycles. The van der Waals surface area contributed by atoms with Crippen LogP contribution in [-0.4, -0.2) is 41.9 Å². The summed E-state index contributed by atoms with van der Waals surface area (Å²) >= 11 is 0. The minimum atomic E-state index is -3.83. The molecule has 1 aliphatic carbocycles. The van der Waals surface area contributed by atoms with Crippen LogP contribution in [0.5, 0.6) is 0 Å². The monoisotopic (exact) mass is 263 g/mol. The van der Waals surface area contributed by atoms with Crippen molar-refractivity contribution in [3.05, 3.63) is 0 Å². The van der Waals surface area contributed by atoms with E-state index in [-0.39, 0.29) is 18.4 Å². The Labute approximate surface area is 100 Å². The van der Waals surface area contributed by atoms with E-state index in [4.69, 9.17) is 5.11 Å². The highest BCUT2D eigenvalue weighted by Crippen LogP contribution is 2.20. The van der Waals surface area contributed by atoms with Gasteiger partial charge in [0.2, 0.25) is 5.91 Å². The van der Waals surface area contributed by atoms with Crippen LogP contribution in [0.3, 0.4) is 0 Å². The number of carbonyl (C=O) groups is 2. The highest BCUT2D eigenvalue weighted by atomic mass is 32.2. The molecule has 0 saturated heterocycles. The van der Waals surface area contributed by atoms with Crippen molar-refractivity contribution in [1.29, 1.82) is 0 Å². The van der Waals surface area contributed by atoms with E-state index in [1.54, 1.807) is 0 Å². The van der Waals surface area contributed by atoms with E-state index in [9.17, 15) is 18.0 Å². The molecular formula is C10H17NO5S. The smallest absolute Gasteiger partial charge is 0.324 e. The molecule has 0 heterocycles. The Morgan fingerprint density at radius 1 is 1.35 bits per heavy atom. The highest BCUT2D eigenvalue weighted by molar-refractivity contribution is 7.93. The maximum atomic E-state index is 11.7. The summed E-state index contributed by atoms with van der Waals surface area (Å²) in [5.74, 6) is -2.18. The molecule has 1 fully saturated rings. The number of rotatable bonds is 6. The van der Waals surface area contributed by atoms with E-state index >= 15 is 0 Å². The number of hydrogen-bond donors (Lipinski definition) is 2. The van der Waals surface area contributed by atoms with Crippen molar-refractivity contribution in [2.24, 2.45) is 0 Å². The first kappa shape index (κ1) is 14.0. The minimum Gasteiger partial charge on any atom is -0.480 e. The van der Waals surface area contributed by atoms with E-state index in [0.717, 1.165) is 26.7 Å². The molecule has 6 nitrogen and oxygen atoms in total. The molecule has 2 N–H and O–H groups in total. The Balaban J connectivity index is 2.54. The number of sulfone groups is 1. The fraction of sp³-hybridized carbons (Fsp3) is 0.800. The van der Waals surface area contributed by atoms with Gasteiger partial charge in [0.1, 0.15) is 0 Å². The lowest BCUT2D eigenvalue weighted by Gasteiger charge is -2.19. The molecule has 1 rings (SSSR count). The van der Waals surface area contributed by atoms with Crippen molar-refractivity contribution in [1.82, 2.24) is 5.32 Å². The normalized spacial score (nSPS) is 16.6. The Kier molecular flexibility index (Phi) is 3.81. The molecule has 0 spiro atoms. The van der Waals surface area contributed by atoms with Crippen LogP contribution in [0.2, 0.25) is 0 Å². The summed E-state index contributed by atoms with van der Waals surface area (Å²) in [7, 11) is -3.83. The molecule has 0 bridgehead atoms. The van der Waals surface area contributed by atoms with Crippen LogP contribution in [0.25, 0.3) is 0 Å². The second-order valence-corrected chi connectivity index (χ2v) is 7.38. The highest BCUT2D eigenvalue weighted by Gasteiger charge is 2.41. The lowest BCUT2D eigenvalue weighted by molar-refractivity contribution is -0.139. The minimum absolute atomic E-state index is 0.178. The summed E-state index contributed by atoms with van der Waals surface area (Å²) < 4.78 is 21.6. The molecule has 0 atom stereocenters. The third kappa shape index (κ3) is 3.42. The van der Waals surface area contributed by atoms with E-state index in [2.05, 4.69) is 5.32 Å². The fourth-order valence-electron chi connectivity index (χ4n) is 1.14.